The monoisotopic (exact) mass is 502 g/mol. The molecule has 0 bridgehead atoms. The van der Waals surface area contributed by atoms with Gasteiger partial charge in [0.15, 0.2) is 0 Å². The zero-order valence-electron chi connectivity index (χ0n) is 19.6. The topological polar surface area (TPSA) is 85.1 Å². The first-order valence-corrected chi connectivity index (χ1v) is 12.6. The maximum absolute atomic E-state index is 12.9. The first kappa shape index (κ1) is 24.8. The van der Waals surface area contributed by atoms with Gasteiger partial charge in [0.2, 0.25) is 0 Å². The molecule has 1 aliphatic heterocycles. The number of piperidine rings is 1. The van der Waals surface area contributed by atoms with Crippen molar-refractivity contribution in [1.29, 1.82) is 0 Å². The smallest absolute Gasteiger partial charge is 0.251 e. The van der Waals surface area contributed by atoms with Crippen molar-refractivity contribution < 1.29 is 4.79 Å². The van der Waals surface area contributed by atoms with Gasteiger partial charge in [-0.1, -0.05) is 23.2 Å². The molecule has 2 aromatic carbocycles. The molecule has 2 atom stereocenters. The number of likely N-dealkylation sites (N-methyl/N-ethyl adjacent to an activating group) is 1. The maximum Gasteiger partial charge on any atom is 0.251 e. The lowest BCUT2D eigenvalue weighted by molar-refractivity contribution is 0.0938. The lowest BCUT2D eigenvalue weighted by atomic mass is 10.0. The number of halogens is 2. The van der Waals surface area contributed by atoms with Crippen LogP contribution in [0.4, 0.5) is 5.69 Å². The molecule has 1 amide bonds. The zero-order valence-corrected chi connectivity index (χ0v) is 21.1. The van der Waals surface area contributed by atoms with Crippen molar-refractivity contribution in [3.63, 3.8) is 0 Å². The second-order valence-electron chi connectivity index (χ2n) is 8.80. The highest BCUT2D eigenvalue weighted by Crippen LogP contribution is 2.32. The Morgan fingerprint density at radius 1 is 1.21 bits per heavy atom. The summed E-state index contributed by atoms with van der Waals surface area (Å²) in [6.07, 6.45) is 3.50. The Balaban J connectivity index is 1.43. The molecule has 0 saturated carbocycles. The summed E-state index contributed by atoms with van der Waals surface area (Å²) in [5.41, 5.74) is 3.16. The van der Waals surface area contributed by atoms with E-state index < -0.39 is 0 Å². The van der Waals surface area contributed by atoms with Crippen molar-refractivity contribution in [3.8, 4) is 0 Å². The summed E-state index contributed by atoms with van der Waals surface area (Å²) in [6, 6.07) is 11.2. The van der Waals surface area contributed by atoms with Gasteiger partial charge in [0, 0.05) is 42.8 Å². The molecule has 4 N–H and O–H groups in total. The van der Waals surface area contributed by atoms with Gasteiger partial charge >= 0.3 is 0 Å². The minimum atomic E-state index is -0.299. The van der Waals surface area contributed by atoms with Crippen molar-refractivity contribution in [1.82, 2.24) is 25.9 Å². The van der Waals surface area contributed by atoms with E-state index in [9.17, 15) is 4.79 Å². The summed E-state index contributed by atoms with van der Waals surface area (Å²) in [6.45, 7) is 5.66. The molecule has 182 valence electrons. The van der Waals surface area contributed by atoms with Gasteiger partial charge in [-0.2, -0.15) is 0 Å². The van der Waals surface area contributed by atoms with Crippen LogP contribution in [0.2, 0.25) is 10.0 Å². The molecule has 0 aliphatic carbocycles. The number of hydrogen-bond acceptors (Lipinski definition) is 5. The quantitative estimate of drug-likeness (QED) is 0.323. The number of carbonyl (C=O) groups excluding carboxylic acids is 1. The fraction of sp³-hybridized carbons (Fsp3) is 0.440. The number of fused-ring (bicyclic) bond motifs is 1. The van der Waals surface area contributed by atoms with Crippen LogP contribution in [0.5, 0.6) is 0 Å². The lowest BCUT2D eigenvalue weighted by Gasteiger charge is -2.38. The number of nitrogens with zero attached hydrogens (tertiary/aromatic N) is 2. The highest BCUT2D eigenvalue weighted by molar-refractivity contribution is 6.33. The van der Waals surface area contributed by atoms with Gasteiger partial charge in [-0.3, -0.25) is 4.79 Å². The first-order chi connectivity index (χ1) is 16.5. The minimum absolute atomic E-state index is 0.191. The number of aromatic nitrogens is 2. The Kier molecular flexibility index (Phi) is 8.32. The molecule has 1 saturated heterocycles. The molecular formula is C25H32Cl2N6O. The number of H-pyrrole nitrogens is 1. The number of anilines is 1. The minimum Gasteiger partial charge on any atom is -0.366 e. The lowest BCUT2D eigenvalue weighted by Crippen LogP contribution is -2.46. The van der Waals surface area contributed by atoms with Crippen LogP contribution >= 0.6 is 23.2 Å². The molecule has 1 fully saturated rings. The van der Waals surface area contributed by atoms with Gasteiger partial charge in [0.1, 0.15) is 5.82 Å². The van der Waals surface area contributed by atoms with Crippen molar-refractivity contribution >= 4 is 45.8 Å². The van der Waals surface area contributed by atoms with Crippen molar-refractivity contribution in [3.05, 3.63) is 57.8 Å². The molecule has 1 unspecified atom stereocenters. The molecule has 0 spiro atoms. The Bertz CT molecular complexity index is 1130. The molecule has 1 aromatic heterocycles. The van der Waals surface area contributed by atoms with E-state index in [1.54, 1.807) is 12.1 Å². The third-order valence-corrected chi connectivity index (χ3v) is 6.84. The summed E-state index contributed by atoms with van der Waals surface area (Å²) in [5.74, 6) is 0.485. The summed E-state index contributed by atoms with van der Waals surface area (Å²) >= 11 is 12.8. The van der Waals surface area contributed by atoms with E-state index in [1.165, 1.54) is 6.42 Å². The number of nitrogens with one attached hydrogen (secondary N) is 4. The van der Waals surface area contributed by atoms with E-state index in [1.807, 2.05) is 38.2 Å². The summed E-state index contributed by atoms with van der Waals surface area (Å²) in [4.78, 5) is 23.1. The van der Waals surface area contributed by atoms with Gasteiger partial charge in [0.05, 0.1) is 27.8 Å². The van der Waals surface area contributed by atoms with Crippen LogP contribution in [0, 0.1) is 0 Å². The Morgan fingerprint density at radius 3 is 2.85 bits per heavy atom. The van der Waals surface area contributed by atoms with Crippen LogP contribution in [-0.2, 0) is 0 Å². The van der Waals surface area contributed by atoms with Crippen LogP contribution in [0.25, 0.3) is 11.0 Å². The normalized spacial score (nSPS) is 17.2. The molecule has 1 aliphatic rings. The van der Waals surface area contributed by atoms with Crippen LogP contribution in [0.1, 0.15) is 48.4 Å². The average molecular weight is 503 g/mol. The van der Waals surface area contributed by atoms with Crippen molar-refractivity contribution in [2.75, 3.05) is 38.1 Å². The Labute approximate surface area is 210 Å². The molecule has 7 nitrogen and oxygen atoms in total. The van der Waals surface area contributed by atoms with Crippen LogP contribution in [0.15, 0.2) is 36.4 Å². The van der Waals surface area contributed by atoms with Crippen LogP contribution < -0.4 is 20.9 Å². The number of carbonyl (C=O) groups is 1. The largest absolute Gasteiger partial charge is 0.366 e. The molecule has 2 heterocycles. The summed E-state index contributed by atoms with van der Waals surface area (Å²) in [7, 11) is 1.96. The number of imidazole rings is 1. The second kappa shape index (κ2) is 11.4. The zero-order chi connectivity index (χ0) is 24.1. The molecule has 34 heavy (non-hydrogen) atoms. The van der Waals surface area contributed by atoms with E-state index in [2.05, 4.69) is 30.8 Å². The molecule has 0 radical (unpaired) electrons. The van der Waals surface area contributed by atoms with E-state index in [-0.39, 0.29) is 11.9 Å². The predicted octanol–water partition coefficient (Wildman–Crippen LogP) is 4.53. The number of hydrogen-bond donors (Lipinski definition) is 4. The predicted molar refractivity (Wildman–Crippen MR) is 140 cm³/mol. The Morgan fingerprint density at radius 2 is 2.06 bits per heavy atom. The number of aromatic amines is 1. The standard InChI is InChI=1S/C25H32Cl2N6O/c1-16(24-31-21-8-7-18(26)14-22(21)32-24)30-25(34)17-6-9-23(20(27)13-17)33-12-4-3-5-19(33)15-29-11-10-28-2/h6-9,13-14,16,19,28-29H,3-5,10-12,15H2,1-2H3,(H,30,34)(H,31,32)/t16-,19?/m0/s1. The number of amides is 1. The van der Waals surface area contributed by atoms with E-state index in [4.69, 9.17) is 23.2 Å². The molecule has 9 heteroatoms. The van der Waals surface area contributed by atoms with Gasteiger partial charge in [-0.05, 0) is 69.6 Å². The number of benzene rings is 2. The Hall–Kier alpha value is -2.32. The first-order valence-electron chi connectivity index (χ1n) is 11.8. The SMILES string of the molecule is CNCCNCC1CCCCN1c1ccc(C(=O)N[C@@H](C)c2nc3cc(Cl)ccc3[nH]2)cc1Cl. The van der Waals surface area contributed by atoms with Crippen LogP contribution in [0.3, 0.4) is 0 Å². The van der Waals surface area contributed by atoms with Gasteiger partial charge in [-0.25, -0.2) is 4.98 Å². The van der Waals surface area contributed by atoms with E-state index >= 15 is 0 Å². The highest BCUT2D eigenvalue weighted by atomic mass is 35.5. The fourth-order valence-corrected chi connectivity index (χ4v) is 4.90. The molecule has 3 aromatic rings. The highest BCUT2D eigenvalue weighted by Gasteiger charge is 2.25. The second-order valence-corrected chi connectivity index (χ2v) is 9.64. The fourth-order valence-electron chi connectivity index (χ4n) is 4.45. The molecular weight excluding hydrogens is 471 g/mol. The van der Waals surface area contributed by atoms with E-state index in [0.717, 1.165) is 55.7 Å². The van der Waals surface area contributed by atoms with Crippen molar-refractivity contribution in [2.24, 2.45) is 0 Å². The number of rotatable bonds is 9. The summed E-state index contributed by atoms with van der Waals surface area (Å²) < 4.78 is 0. The maximum atomic E-state index is 12.9. The molecule has 4 rings (SSSR count). The van der Waals surface area contributed by atoms with Gasteiger partial charge in [0.25, 0.3) is 5.91 Å². The van der Waals surface area contributed by atoms with Crippen LogP contribution in [-0.4, -0.2) is 55.1 Å². The third kappa shape index (κ3) is 5.84. The van der Waals surface area contributed by atoms with E-state index in [0.29, 0.717) is 27.5 Å². The average Bonchev–Trinajstić information content (AvgIpc) is 3.25. The summed E-state index contributed by atoms with van der Waals surface area (Å²) in [5, 5.41) is 10.9. The van der Waals surface area contributed by atoms with Crippen molar-refractivity contribution in [2.45, 2.75) is 38.3 Å². The van der Waals surface area contributed by atoms with Gasteiger partial charge < -0.3 is 25.8 Å². The van der Waals surface area contributed by atoms with Gasteiger partial charge in [-0.15, -0.1) is 0 Å². The third-order valence-electron chi connectivity index (χ3n) is 6.30.